The largest absolute Gasteiger partial charge is 0.391 e. The second-order valence-corrected chi connectivity index (χ2v) is 3.11. The van der Waals surface area contributed by atoms with Gasteiger partial charge < -0.3 is 10.8 Å². The molecule has 0 spiro atoms. The molecule has 14 heavy (non-hydrogen) atoms. The van der Waals surface area contributed by atoms with Crippen molar-refractivity contribution < 1.29 is 9.50 Å². The van der Waals surface area contributed by atoms with Gasteiger partial charge >= 0.3 is 0 Å². The molecule has 0 aliphatic rings. The number of aliphatic hydroxyl groups excluding tert-OH is 1. The molecule has 1 rings (SSSR count). The zero-order chi connectivity index (χ0) is 10.7. The Morgan fingerprint density at radius 1 is 1.57 bits per heavy atom. The number of hydrogen-bond donors (Lipinski definition) is 2. The predicted molar refractivity (Wildman–Crippen MR) is 49.7 cm³/mol. The third-order valence-electron chi connectivity index (χ3n) is 2.01. The molecule has 0 heterocycles. The first-order chi connectivity index (χ1) is 6.56. The standard InChI is InChI=1S/C10H11FN2O/c1-6(14)10(13)9-3-2-8(11)4-7(9)5-12/h2-4,6,10,14H,13H2,1H3. The first-order valence-corrected chi connectivity index (χ1v) is 4.19. The van der Waals surface area contributed by atoms with E-state index >= 15 is 0 Å². The highest BCUT2D eigenvalue weighted by molar-refractivity contribution is 5.40. The van der Waals surface area contributed by atoms with Gasteiger partial charge in [0, 0.05) is 0 Å². The van der Waals surface area contributed by atoms with Crippen LogP contribution in [0, 0.1) is 17.1 Å². The molecular weight excluding hydrogens is 183 g/mol. The third kappa shape index (κ3) is 2.08. The highest BCUT2D eigenvalue weighted by atomic mass is 19.1. The lowest BCUT2D eigenvalue weighted by Crippen LogP contribution is -2.24. The van der Waals surface area contributed by atoms with Gasteiger partial charge in [-0.3, -0.25) is 0 Å². The fourth-order valence-corrected chi connectivity index (χ4v) is 1.18. The van der Waals surface area contributed by atoms with E-state index in [9.17, 15) is 9.50 Å². The molecule has 0 amide bonds. The van der Waals surface area contributed by atoms with Crippen molar-refractivity contribution in [1.29, 1.82) is 5.26 Å². The van der Waals surface area contributed by atoms with Gasteiger partial charge in [-0.25, -0.2) is 4.39 Å². The lowest BCUT2D eigenvalue weighted by atomic mass is 9.98. The molecule has 0 aliphatic carbocycles. The van der Waals surface area contributed by atoms with Crippen LogP contribution in [0.4, 0.5) is 4.39 Å². The number of nitriles is 1. The van der Waals surface area contributed by atoms with Crippen LogP contribution < -0.4 is 5.73 Å². The SMILES string of the molecule is CC(O)C(N)c1ccc(F)cc1C#N. The second kappa shape index (κ2) is 4.18. The number of hydrogen-bond acceptors (Lipinski definition) is 3. The van der Waals surface area contributed by atoms with Gasteiger partial charge in [-0.05, 0) is 24.6 Å². The Labute approximate surface area is 81.6 Å². The van der Waals surface area contributed by atoms with Crippen LogP contribution in [0.3, 0.4) is 0 Å². The average Bonchev–Trinajstić information content (AvgIpc) is 2.16. The van der Waals surface area contributed by atoms with Gasteiger partial charge in [0.25, 0.3) is 0 Å². The first kappa shape index (κ1) is 10.6. The summed E-state index contributed by atoms with van der Waals surface area (Å²) in [6, 6.07) is 4.93. The Hall–Kier alpha value is -1.44. The van der Waals surface area contributed by atoms with E-state index in [2.05, 4.69) is 0 Å². The van der Waals surface area contributed by atoms with Crippen molar-refractivity contribution in [2.24, 2.45) is 5.73 Å². The molecule has 0 radical (unpaired) electrons. The van der Waals surface area contributed by atoms with Gasteiger partial charge in [0.05, 0.1) is 23.8 Å². The molecule has 0 saturated carbocycles. The van der Waals surface area contributed by atoms with Crippen molar-refractivity contribution >= 4 is 0 Å². The molecule has 3 N–H and O–H groups in total. The number of benzene rings is 1. The molecule has 0 fully saturated rings. The Morgan fingerprint density at radius 2 is 2.21 bits per heavy atom. The van der Waals surface area contributed by atoms with Crippen molar-refractivity contribution in [3.63, 3.8) is 0 Å². The van der Waals surface area contributed by atoms with Crippen LogP contribution in [0.25, 0.3) is 0 Å². The Morgan fingerprint density at radius 3 is 2.71 bits per heavy atom. The number of halogens is 1. The van der Waals surface area contributed by atoms with Gasteiger partial charge in [0.1, 0.15) is 5.82 Å². The van der Waals surface area contributed by atoms with Crippen molar-refractivity contribution in [2.75, 3.05) is 0 Å². The lowest BCUT2D eigenvalue weighted by molar-refractivity contribution is 0.164. The monoisotopic (exact) mass is 194 g/mol. The number of rotatable bonds is 2. The first-order valence-electron chi connectivity index (χ1n) is 4.19. The van der Waals surface area contributed by atoms with Crippen LogP contribution in [0.5, 0.6) is 0 Å². The summed E-state index contributed by atoms with van der Waals surface area (Å²) in [5.41, 5.74) is 6.27. The molecule has 0 aliphatic heterocycles. The van der Waals surface area contributed by atoms with E-state index in [-0.39, 0.29) is 5.56 Å². The second-order valence-electron chi connectivity index (χ2n) is 3.11. The molecular formula is C10H11FN2O. The molecule has 2 unspecified atom stereocenters. The topological polar surface area (TPSA) is 70.0 Å². The maximum atomic E-state index is 12.7. The highest BCUT2D eigenvalue weighted by Gasteiger charge is 2.16. The number of aliphatic hydroxyl groups is 1. The van der Waals surface area contributed by atoms with Crippen molar-refractivity contribution in [3.05, 3.63) is 35.1 Å². The van der Waals surface area contributed by atoms with Gasteiger partial charge in [-0.1, -0.05) is 6.07 Å². The van der Waals surface area contributed by atoms with Crippen LogP contribution in [0.15, 0.2) is 18.2 Å². The normalized spacial score (nSPS) is 14.5. The summed E-state index contributed by atoms with van der Waals surface area (Å²) in [4.78, 5) is 0. The average molecular weight is 194 g/mol. The summed E-state index contributed by atoms with van der Waals surface area (Å²) < 4.78 is 12.7. The molecule has 2 atom stereocenters. The van der Waals surface area contributed by atoms with Crippen LogP contribution in [-0.2, 0) is 0 Å². The Balaban J connectivity index is 3.16. The fourth-order valence-electron chi connectivity index (χ4n) is 1.18. The highest BCUT2D eigenvalue weighted by Crippen LogP contribution is 2.19. The van der Waals surface area contributed by atoms with Gasteiger partial charge in [-0.15, -0.1) is 0 Å². The van der Waals surface area contributed by atoms with Crippen LogP contribution in [0.1, 0.15) is 24.1 Å². The Kier molecular flexibility index (Phi) is 3.18. The molecule has 0 saturated heterocycles. The minimum Gasteiger partial charge on any atom is -0.391 e. The van der Waals surface area contributed by atoms with Crippen molar-refractivity contribution in [3.8, 4) is 6.07 Å². The van der Waals surface area contributed by atoms with Crippen molar-refractivity contribution in [1.82, 2.24) is 0 Å². The molecule has 0 bridgehead atoms. The number of nitrogens with two attached hydrogens (primary N) is 1. The number of nitrogens with zero attached hydrogens (tertiary/aromatic N) is 1. The summed E-state index contributed by atoms with van der Waals surface area (Å²) in [6.07, 6.45) is -0.771. The molecule has 0 aromatic heterocycles. The minimum absolute atomic E-state index is 0.165. The van der Waals surface area contributed by atoms with Gasteiger partial charge in [-0.2, -0.15) is 5.26 Å². The van der Waals surface area contributed by atoms with E-state index < -0.39 is 18.0 Å². The van der Waals surface area contributed by atoms with Crippen LogP contribution >= 0.6 is 0 Å². The summed E-state index contributed by atoms with van der Waals surface area (Å²) in [5.74, 6) is -0.483. The quantitative estimate of drug-likeness (QED) is 0.740. The molecule has 1 aromatic rings. The van der Waals surface area contributed by atoms with Crippen LogP contribution in [-0.4, -0.2) is 11.2 Å². The smallest absolute Gasteiger partial charge is 0.124 e. The van der Waals surface area contributed by atoms with Crippen LogP contribution in [0.2, 0.25) is 0 Å². The van der Waals surface area contributed by atoms with E-state index in [0.717, 1.165) is 6.07 Å². The Bertz CT molecular complexity index is 371. The molecule has 4 heteroatoms. The molecule has 3 nitrogen and oxygen atoms in total. The zero-order valence-corrected chi connectivity index (χ0v) is 7.74. The van der Waals surface area contributed by atoms with E-state index in [1.165, 1.54) is 19.1 Å². The van der Waals surface area contributed by atoms with Gasteiger partial charge in [0.15, 0.2) is 0 Å². The van der Waals surface area contributed by atoms with Crippen molar-refractivity contribution in [2.45, 2.75) is 19.1 Å². The van der Waals surface area contributed by atoms with Gasteiger partial charge in [0.2, 0.25) is 0 Å². The molecule has 1 aromatic carbocycles. The van der Waals surface area contributed by atoms with E-state index in [0.29, 0.717) is 5.56 Å². The lowest BCUT2D eigenvalue weighted by Gasteiger charge is -2.16. The summed E-state index contributed by atoms with van der Waals surface area (Å²) in [6.45, 7) is 1.52. The summed E-state index contributed by atoms with van der Waals surface area (Å²) >= 11 is 0. The van der Waals surface area contributed by atoms with E-state index in [1.807, 2.05) is 6.07 Å². The molecule has 74 valence electrons. The summed E-state index contributed by atoms with van der Waals surface area (Å²) in [7, 11) is 0. The van der Waals surface area contributed by atoms with E-state index in [1.54, 1.807) is 0 Å². The predicted octanol–water partition coefficient (Wildman–Crippen LogP) is 1.08. The third-order valence-corrected chi connectivity index (χ3v) is 2.01. The van der Waals surface area contributed by atoms with E-state index in [4.69, 9.17) is 11.0 Å². The zero-order valence-electron chi connectivity index (χ0n) is 7.74. The summed E-state index contributed by atoms with van der Waals surface area (Å²) in [5, 5.41) is 18.0. The maximum absolute atomic E-state index is 12.7. The fraction of sp³-hybridized carbons (Fsp3) is 0.300. The maximum Gasteiger partial charge on any atom is 0.124 e. The minimum atomic E-state index is -0.771.